The number of carbonyl (C=O) groups excluding carboxylic acids is 1. The summed E-state index contributed by atoms with van der Waals surface area (Å²) in [7, 11) is 0. The van der Waals surface area contributed by atoms with Crippen LogP contribution in [-0.4, -0.2) is 22.5 Å². The summed E-state index contributed by atoms with van der Waals surface area (Å²) in [5.41, 5.74) is 3.90. The number of carbonyl (C=O) groups is 1. The molecule has 3 N–H and O–H groups in total. The number of nitrogens with one attached hydrogen (secondary N) is 2. The molecule has 30 heavy (non-hydrogen) atoms. The van der Waals surface area contributed by atoms with Crippen LogP contribution in [0.25, 0.3) is 0 Å². The molecule has 1 unspecified atom stereocenters. The molecule has 2 aromatic carbocycles. The number of hydrogen-bond donors (Lipinski definition) is 3. The summed E-state index contributed by atoms with van der Waals surface area (Å²) in [4.78, 5) is 16.7. The Hall–Kier alpha value is -1.62. The zero-order valence-electron chi connectivity index (χ0n) is 15.9. The average molecular weight is 596 g/mol. The van der Waals surface area contributed by atoms with E-state index >= 15 is 0 Å². The molecule has 2 aliphatic rings. The Morgan fingerprint density at radius 3 is 2.83 bits per heavy atom. The number of fused-ring (bicyclic) bond motifs is 3. The lowest BCUT2D eigenvalue weighted by Gasteiger charge is -2.29. The molecule has 1 atom stereocenters. The number of phenols is 1. The molecule has 5 rings (SSSR count). The first-order valence-corrected chi connectivity index (χ1v) is 12.3. The number of amides is 1. The van der Waals surface area contributed by atoms with Crippen molar-refractivity contribution in [3.05, 3.63) is 77.6 Å². The van der Waals surface area contributed by atoms with E-state index in [1.54, 1.807) is 11.3 Å². The number of phenolic OH excluding ortho intramolecular Hbond substituents is 1. The molecule has 0 saturated heterocycles. The fraction of sp³-hybridized carbons (Fsp3) is 0.227. The number of anilines is 1. The number of halogens is 2. The first kappa shape index (κ1) is 20.3. The third kappa shape index (κ3) is 3.74. The summed E-state index contributed by atoms with van der Waals surface area (Å²) >= 11 is 7.24. The number of thiophene rings is 1. The van der Waals surface area contributed by atoms with Crippen LogP contribution in [-0.2, 0) is 19.5 Å². The van der Waals surface area contributed by atoms with Crippen molar-refractivity contribution in [3.8, 4) is 5.75 Å². The van der Waals surface area contributed by atoms with Gasteiger partial charge in [0.2, 0.25) is 0 Å². The molecular weight excluding hydrogens is 577 g/mol. The highest BCUT2D eigenvalue weighted by molar-refractivity contribution is 14.1. The Bertz CT molecular complexity index is 1140. The zero-order valence-corrected chi connectivity index (χ0v) is 20.5. The molecular formula is C22H19BrIN3O2S. The van der Waals surface area contributed by atoms with Gasteiger partial charge < -0.3 is 15.7 Å². The minimum absolute atomic E-state index is 0.0721. The summed E-state index contributed by atoms with van der Waals surface area (Å²) in [5.74, 6) is 0.118. The third-order valence-electron chi connectivity index (χ3n) is 5.53. The minimum atomic E-state index is -0.462. The molecule has 3 heterocycles. The Morgan fingerprint density at radius 1 is 1.23 bits per heavy atom. The molecule has 154 valence electrons. The second-order valence-corrected chi connectivity index (χ2v) is 10.7. The maximum atomic E-state index is 13.0. The molecule has 5 nitrogen and oxygen atoms in total. The van der Waals surface area contributed by atoms with Gasteiger partial charge in [0.15, 0.2) is 0 Å². The third-order valence-corrected chi connectivity index (χ3v) is 7.96. The van der Waals surface area contributed by atoms with Crippen molar-refractivity contribution < 1.29 is 9.90 Å². The van der Waals surface area contributed by atoms with E-state index < -0.39 is 6.17 Å². The van der Waals surface area contributed by atoms with Gasteiger partial charge in [0.05, 0.1) is 9.13 Å². The molecule has 1 aromatic heterocycles. The first-order chi connectivity index (χ1) is 14.5. The van der Waals surface area contributed by atoms with E-state index in [9.17, 15) is 9.90 Å². The second kappa shape index (κ2) is 8.14. The van der Waals surface area contributed by atoms with Gasteiger partial charge >= 0.3 is 0 Å². The molecule has 0 fully saturated rings. The highest BCUT2D eigenvalue weighted by Crippen LogP contribution is 2.42. The smallest absolute Gasteiger partial charge is 0.256 e. The van der Waals surface area contributed by atoms with Crippen LogP contribution in [0.15, 0.2) is 46.9 Å². The van der Waals surface area contributed by atoms with Crippen LogP contribution in [0.5, 0.6) is 5.75 Å². The van der Waals surface area contributed by atoms with E-state index in [-0.39, 0.29) is 11.7 Å². The van der Waals surface area contributed by atoms with Crippen LogP contribution >= 0.6 is 49.9 Å². The Labute approximate surface area is 200 Å². The molecule has 0 bridgehead atoms. The summed E-state index contributed by atoms with van der Waals surface area (Å²) < 4.78 is 1.60. The van der Waals surface area contributed by atoms with Crippen LogP contribution in [0, 0.1) is 3.57 Å². The van der Waals surface area contributed by atoms with Gasteiger partial charge in [-0.3, -0.25) is 9.69 Å². The molecule has 0 aliphatic carbocycles. The van der Waals surface area contributed by atoms with E-state index in [1.807, 2.05) is 18.2 Å². The lowest BCUT2D eigenvalue weighted by molar-refractivity contribution is 0.0934. The number of benzene rings is 2. The monoisotopic (exact) mass is 595 g/mol. The molecule has 0 saturated carbocycles. The number of rotatable bonds is 3. The fourth-order valence-electron chi connectivity index (χ4n) is 4.11. The normalized spacial score (nSPS) is 18.3. The Kier molecular flexibility index (Phi) is 5.51. The lowest BCUT2D eigenvalue weighted by atomic mass is 10.00. The lowest BCUT2D eigenvalue weighted by Crippen LogP contribution is -2.39. The van der Waals surface area contributed by atoms with Gasteiger partial charge in [0.25, 0.3) is 5.91 Å². The van der Waals surface area contributed by atoms with Crippen molar-refractivity contribution in [2.45, 2.75) is 25.7 Å². The van der Waals surface area contributed by atoms with Crippen molar-refractivity contribution in [3.63, 3.8) is 0 Å². The van der Waals surface area contributed by atoms with E-state index in [4.69, 9.17) is 0 Å². The molecule has 0 spiro atoms. The summed E-state index contributed by atoms with van der Waals surface area (Å²) in [6, 6.07) is 14.2. The molecule has 8 heteroatoms. The van der Waals surface area contributed by atoms with E-state index in [0.29, 0.717) is 5.56 Å². The largest absolute Gasteiger partial charge is 0.506 e. The number of aromatic hydroxyl groups is 1. The maximum Gasteiger partial charge on any atom is 0.256 e. The van der Waals surface area contributed by atoms with Crippen LogP contribution in [0.1, 0.15) is 38.1 Å². The van der Waals surface area contributed by atoms with Gasteiger partial charge in [-0.1, -0.05) is 46.3 Å². The molecule has 1 amide bonds. The quantitative estimate of drug-likeness (QED) is 0.363. The van der Waals surface area contributed by atoms with E-state index in [0.717, 1.165) is 50.2 Å². The summed E-state index contributed by atoms with van der Waals surface area (Å²) in [6.07, 6.45) is 0.407. The van der Waals surface area contributed by atoms with Crippen LogP contribution in [0.4, 0.5) is 5.00 Å². The van der Waals surface area contributed by atoms with Gasteiger partial charge in [-0.15, -0.1) is 11.3 Å². The number of nitrogens with zero attached hydrogens (tertiary/aromatic N) is 1. The van der Waals surface area contributed by atoms with Gasteiger partial charge in [0, 0.05) is 34.5 Å². The molecule has 0 radical (unpaired) electrons. The summed E-state index contributed by atoms with van der Waals surface area (Å²) in [6.45, 7) is 2.70. The molecule has 3 aromatic rings. The van der Waals surface area contributed by atoms with Gasteiger partial charge in [-0.05, 0) is 52.3 Å². The van der Waals surface area contributed by atoms with Crippen molar-refractivity contribution in [1.82, 2.24) is 10.2 Å². The Balaban J connectivity index is 1.41. The van der Waals surface area contributed by atoms with Crippen LogP contribution in [0.3, 0.4) is 0 Å². The molecule has 2 aliphatic heterocycles. The topological polar surface area (TPSA) is 64.6 Å². The highest BCUT2D eigenvalue weighted by atomic mass is 127. The van der Waals surface area contributed by atoms with Gasteiger partial charge in [0.1, 0.15) is 16.9 Å². The zero-order chi connectivity index (χ0) is 20.8. The predicted octanol–water partition coefficient (Wildman–Crippen LogP) is 5.23. The van der Waals surface area contributed by atoms with E-state index in [2.05, 4.69) is 78.3 Å². The SMILES string of the molecule is O=C1NC(c2cc(Br)cc(I)c2O)Nc2sc3c(c21)CCN(Cc1ccccc1)C3. The van der Waals surface area contributed by atoms with Crippen molar-refractivity contribution in [2.75, 3.05) is 11.9 Å². The Morgan fingerprint density at radius 2 is 2.03 bits per heavy atom. The van der Waals surface area contributed by atoms with Crippen LogP contribution < -0.4 is 10.6 Å². The minimum Gasteiger partial charge on any atom is -0.506 e. The fourth-order valence-corrected chi connectivity index (χ4v) is 6.97. The van der Waals surface area contributed by atoms with Gasteiger partial charge in [-0.25, -0.2) is 0 Å². The van der Waals surface area contributed by atoms with Crippen molar-refractivity contribution in [2.24, 2.45) is 0 Å². The van der Waals surface area contributed by atoms with Crippen LogP contribution in [0.2, 0.25) is 0 Å². The van der Waals surface area contributed by atoms with E-state index in [1.165, 1.54) is 10.4 Å². The highest BCUT2D eigenvalue weighted by Gasteiger charge is 2.34. The predicted molar refractivity (Wildman–Crippen MR) is 131 cm³/mol. The summed E-state index contributed by atoms with van der Waals surface area (Å²) in [5, 5.41) is 17.9. The maximum absolute atomic E-state index is 13.0. The standard InChI is InChI=1S/C22H19BrIN3O2S/c23-13-8-15(19(28)16(24)9-13)20-25-21(29)18-14-6-7-27(10-12-4-2-1-3-5-12)11-17(14)30-22(18)26-20/h1-5,8-9,20,26,28H,6-7,10-11H2,(H,25,29). The van der Waals surface area contributed by atoms with Crippen molar-refractivity contribution in [1.29, 1.82) is 0 Å². The first-order valence-electron chi connectivity index (χ1n) is 9.65. The number of hydrogen-bond acceptors (Lipinski definition) is 5. The van der Waals surface area contributed by atoms with Gasteiger partial charge in [-0.2, -0.15) is 0 Å². The average Bonchev–Trinajstić information content (AvgIpc) is 3.09. The van der Waals surface area contributed by atoms with Crippen molar-refractivity contribution >= 4 is 60.8 Å². The second-order valence-electron chi connectivity index (χ2n) is 7.53.